The fourth-order valence-electron chi connectivity index (χ4n) is 7.21. The molecule has 0 spiro atoms. The number of likely N-dealkylation sites (tertiary alicyclic amines) is 1. The number of carbonyl (C=O) groups excluding carboxylic acids is 6. The minimum absolute atomic E-state index is 0.0459. The van der Waals surface area contributed by atoms with Crippen LogP contribution in [0.1, 0.15) is 111 Å². The van der Waals surface area contributed by atoms with E-state index in [1.54, 1.807) is 34.6 Å². The lowest BCUT2D eigenvalue weighted by molar-refractivity contribution is -0.145. The third-order valence-corrected chi connectivity index (χ3v) is 10.1. The van der Waals surface area contributed by atoms with Crippen molar-refractivity contribution in [1.82, 2.24) is 26.2 Å². The standard InChI is InChI=1S/C38H57N5O8/c1-7-14-28(34(47)37(50)39-24(6)25-15-9-8-10-16-25)40-36(49)33-27-18-13-17-26(27)21-43(33)38(51)32(23(4)5)42-35(48)31(22(2)3)41-29(44)19-11-12-20-30(45)46/h8-10,15-16,22-24,26-28,31-33H,7,11-14,17-21H2,1-6H3,(H,39,50)(H,40,49)(H,41,44)(H,42,48)(H,45,46)/t24-,26-,27-,28?,31-,32-,33?/m0/s1. The molecular weight excluding hydrogens is 654 g/mol. The molecule has 51 heavy (non-hydrogen) atoms. The van der Waals surface area contributed by atoms with E-state index in [1.165, 1.54) is 4.90 Å². The Balaban J connectivity index is 1.74. The molecule has 2 unspecified atom stereocenters. The van der Waals surface area contributed by atoms with Crippen LogP contribution in [0.25, 0.3) is 0 Å². The third kappa shape index (κ3) is 11.4. The van der Waals surface area contributed by atoms with Gasteiger partial charge in [0.1, 0.15) is 18.1 Å². The van der Waals surface area contributed by atoms with Crippen molar-refractivity contribution < 1.29 is 38.7 Å². The zero-order valence-corrected chi connectivity index (χ0v) is 30.9. The summed E-state index contributed by atoms with van der Waals surface area (Å²) in [4.78, 5) is 93.4. The molecule has 5 amide bonds. The van der Waals surface area contributed by atoms with E-state index < -0.39 is 65.6 Å². The lowest BCUT2D eigenvalue weighted by Gasteiger charge is -2.34. The van der Waals surface area contributed by atoms with Crippen LogP contribution in [0.5, 0.6) is 0 Å². The summed E-state index contributed by atoms with van der Waals surface area (Å²) in [6, 6.07) is 4.98. The highest BCUT2D eigenvalue weighted by molar-refractivity contribution is 6.38. The molecular formula is C38H57N5O8. The highest BCUT2D eigenvalue weighted by atomic mass is 16.4. The van der Waals surface area contributed by atoms with Crippen molar-refractivity contribution in [3.05, 3.63) is 35.9 Å². The molecule has 1 saturated heterocycles. The Morgan fingerprint density at radius 3 is 2.08 bits per heavy atom. The summed E-state index contributed by atoms with van der Waals surface area (Å²) in [6.45, 7) is 11.1. The average molecular weight is 712 g/mol. The minimum Gasteiger partial charge on any atom is -0.481 e. The number of Topliss-reactive ketones (excluding diaryl/α,β-unsaturated/α-hetero) is 1. The second-order valence-electron chi connectivity index (χ2n) is 14.7. The summed E-state index contributed by atoms with van der Waals surface area (Å²) in [5.74, 6) is -4.98. The van der Waals surface area contributed by atoms with Crippen LogP contribution in [0.4, 0.5) is 0 Å². The Morgan fingerprint density at radius 2 is 1.47 bits per heavy atom. The van der Waals surface area contributed by atoms with Crippen molar-refractivity contribution in [2.75, 3.05) is 6.54 Å². The molecule has 0 bridgehead atoms. The fraction of sp³-hybridized carbons (Fsp3) is 0.658. The van der Waals surface area contributed by atoms with Gasteiger partial charge in [-0.15, -0.1) is 0 Å². The number of nitrogens with one attached hydrogen (secondary N) is 4. The maximum absolute atomic E-state index is 14.3. The number of amides is 5. The van der Waals surface area contributed by atoms with Gasteiger partial charge in [0.25, 0.3) is 5.91 Å². The van der Waals surface area contributed by atoms with Gasteiger partial charge in [0.2, 0.25) is 29.4 Å². The number of fused-ring (bicyclic) bond motifs is 1. The van der Waals surface area contributed by atoms with E-state index in [2.05, 4.69) is 21.3 Å². The lowest BCUT2D eigenvalue weighted by Crippen LogP contribution is -2.60. The van der Waals surface area contributed by atoms with Crippen molar-refractivity contribution in [2.24, 2.45) is 23.7 Å². The van der Waals surface area contributed by atoms with Gasteiger partial charge in [-0.25, -0.2) is 0 Å². The summed E-state index contributed by atoms with van der Waals surface area (Å²) >= 11 is 0. The first kappa shape index (κ1) is 41.1. The van der Waals surface area contributed by atoms with E-state index >= 15 is 0 Å². The smallest absolute Gasteiger partial charge is 0.303 e. The molecule has 7 atom stereocenters. The SMILES string of the molecule is CCCC(NC(=O)C1[C@H]2CCC[C@H]2CN1C(=O)[C@@H](NC(=O)[C@@H](NC(=O)CCCCC(=O)O)C(C)C)C(C)C)C(=O)C(=O)N[C@@H](C)c1ccccc1. The Bertz CT molecular complexity index is 1400. The molecule has 3 rings (SSSR count). The number of hydrogen-bond donors (Lipinski definition) is 5. The highest BCUT2D eigenvalue weighted by Gasteiger charge is 2.51. The van der Waals surface area contributed by atoms with Gasteiger partial charge in [-0.1, -0.05) is 77.8 Å². The molecule has 13 heteroatoms. The molecule has 2 fully saturated rings. The van der Waals surface area contributed by atoms with Gasteiger partial charge in [-0.3, -0.25) is 33.6 Å². The van der Waals surface area contributed by atoms with Crippen LogP contribution in [0.2, 0.25) is 0 Å². The predicted molar refractivity (Wildman–Crippen MR) is 191 cm³/mol. The molecule has 0 aromatic heterocycles. The third-order valence-electron chi connectivity index (χ3n) is 10.1. The Labute approximate surface area is 301 Å². The van der Waals surface area contributed by atoms with Crippen molar-refractivity contribution in [2.45, 2.75) is 130 Å². The Hall–Kier alpha value is -4.29. The van der Waals surface area contributed by atoms with Crippen LogP contribution >= 0.6 is 0 Å². The van der Waals surface area contributed by atoms with E-state index in [0.717, 1.165) is 24.8 Å². The number of rotatable bonds is 19. The van der Waals surface area contributed by atoms with Gasteiger partial charge < -0.3 is 31.3 Å². The van der Waals surface area contributed by atoms with Crippen LogP contribution in [0.3, 0.4) is 0 Å². The van der Waals surface area contributed by atoms with E-state index in [4.69, 9.17) is 5.11 Å². The average Bonchev–Trinajstić information content (AvgIpc) is 3.69. The summed E-state index contributed by atoms with van der Waals surface area (Å²) in [5.41, 5.74) is 0.837. The number of carboxylic acids is 1. The van der Waals surface area contributed by atoms with E-state index in [0.29, 0.717) is 25.8 Å². The van der Waals surface area contributed by atoms with Crippen LogP contribution < -0.4 is 21.3 Å². The number of ketones is 1. The molecule has 0 radical (unpaired) electrons. The molecule has 1 saturated carbocycles. The van der Waals surface area contributed by atoms with Crippen LogP contribution in [-0.2, 0) is 33.6 Å². The van der Waals surface area contributed by atoms with Gasteiger partial charge in [-0.05, 0) is 68.3 Å². The highest BCUT2D eigenvalue weighted by Crippen LogP contribution is 2.42. The number of carboxylic acid groups (broad SMARTS) is 1. The van der Waals surface area contributed by atoms with E-state index in [1.807, 2.05) is 37.3 Å². The molecule has 1 aliphatic heterocycles. The molecule has 1 aliphatic carbocycles. The summed E-state index contributed by atoms with van der Waals surface area (Å²) in [5, 5.41) is 20.0. The van der Waals surface area contributed by atoms with Crippen LogP contribution in [0, 0.1) is 23.7 Å². The first-order valence-corrected chi connectivity index (χ1v) is 18.5. The summed E-state index contributed by atoms with van der Waals surface area (Å²) in [6.07, 6.45) is 4.01. The molecule has 2 aliphatic rings. The van der Waals surface area contributed by atoms with Gasteiger partial charge in [-0.2, -0.15) is 0 Å². The molecule has 282 valence electrons. The lowest BCUT2D eigenvalue weighted by atomic mass is 9.92. The van der Waals surface area contributed by atoms with Gasteiger partial charge >= 0.3 is 5.97 Å². The Morgan fingerprint density at radius 1 is 0.824 bits per heavy atom. The van der Waals surface area contributed by atoms with Crippen LogP contribution in [-0.4, -0.2) is 82.0 Å². The molecule has 1 heterocycles. The first-order valence-electron chi connectivity index (χ1n) is 18.5. The molecule has 1 aromatic carbocycles. The van der Waals surface area contributed by atoms with Crippen molar-refractivity contribution in [1.29, 1.82) is 0 Å². The summed E-state index contributed by atoms with van der Waals surface area (Å²) in [7, 11) is 0. The number of benzene rings is 1. The van der Waals surface area contributed by atoms with Crippen molar-refractivity contribution in [3.8, 4) is 0 Å². The van der Waals surface area contributed by atoms with Gasteiger partial charge in [0, 0.05) is 19.4 Å². The fourth-order valence-corrected chi connectivity index (χ4v) is 7.21. The van der Waals surface area contributed by atoms with Crippen LogP contribution in [0.15, 0.2) is 30.3 Å². The quantitative estimate of drug-likeness (QED) is 0.107. The molecule has 13 nitrogen and oxygen atoms in total. The van der Waals surface area contributed by atoms with Crippen molar-refractivity contribution in [3.63, 3.8) is 0 Å². The molecule has 1 aromatic rings. The Kier molecular flexibility index (Phi) is 15.6. The number of carbonyl (C=O) groups is 7. The predicted octanol–water partition coefficient (Wildman–Crippen LogP) is 3.27. The van der Waals surface area contributed by atoms with Gasteiger partial charge in [0.15, 0.2) is 0 Å². The minimum atomic E-state index is -1.07. The normalized spacial score (nSPS) is 20.5. The largest absolute Gasteiger partial charge is 0.481 e. The molecule has 5 N–H and O–H groups in total. The second-order valence-corrected chi connectivity index (χ2v) is 14.7. The van der Waals surface area contributed by atoms with E-state index in [9.17, 15) is 33.6 Å². The number of hydrogen-bond acceptors (Lipinski definition) is 7. The van der Waals surface area contributed by atoms with Crippen molar-refractivity contribution >= 4 is 41.3 Å². The zero-order valence-electron chi connectivity index (χ0n) is 30.9. The van der Waals surface area contributed by atoms with E-state index in [-0.39, 0.29) is 48.8 Å². The maximum Gasteiger partial charge on any atom is 0.303 e. The number of aliphatic carboxylic acids is 1. The maximum atomic E-state index is 14.3. The number of unbranched alkanes of at least 4 members (excludes halogenated alkanes) is 1. The summed E-state index contributed by atoms with van der Waals surface area (Å²) < 4.78 is 0. The second kappa shape index (κ2) is 19.4. The topological polar surface area (TPSA) is 191 Å². The monoisotopic (exact) mass is 711 g/mol. The van der Waals surface area contributed by atoms with Gasteiger partial charge in [0.05, 0.1) is 12.1 Å². The zero-order chi connectivity index (χ0) is 37.8. The first-order chi connectivity index (χ1) is 24.2. The number of nitrogens with zero attached hydrogens (tertiary/aromatic N) is 1.